The molecule has 178 valence electrons. The van der Waals surface area contributed by atoms with Crippen molar-refractivity contribution in [2.45, 2.75) is 43.0 Å². The van der Waals surface area contributed by atoms with E-state index in [0.29, 0.717) is 17.8 Å². The lowest BCUT2D eigenvalue weighted by atomic mass is 10.1. The number of rotatable bonds is 9. The van der Waals surface area contributed by atoms with Crippen LogP contribution in [0, 0.1) is 6.92 Å². The van der Waals surface area contributed by atoms with Gasteiger partial charge in [0.1, 0.15) is 6.04 Å². The Kier molecular flexibility index (Phi) is 7.24. The molecule has 0 saturated heterocycles. The lowest BCUT2D eigenvalue weighted by Crippen LogP contribution is -2.53. The third-order valence-electron chi connectivity index (χ3n) is 5.89. The molecule has 0 bridgehead atoms. The van der Waals surface area contributed by atoms with E-state index in [9.17, 15) is 18.0 Å². The van der Waals surface area contributed by atoms with Gasteiger partial charge in [-0.05, 0) is 50.6 Å². The topological polar surface area (TPSA) is 119 Å². The predicted molar refractivity (Wildman–Crippen MR) is 131 cm³/mol. The Morgan fingerprint density at radius 2 is 1.68 bits per heavy atom. The van der Waals surface area contributed by atoms with Crippen molar-refractivity contribution in [1.29, 1.82) is 0 Å². The fourth-order valence-corrected chi connectivity index (χ4v) is 5.00. The Balaban J connectivity index is 1.73. The first-order valence-electron chi connectivity index (χ1n) is 10.7. The average Bonchev–Trinajstić information content (AvgIpc) is 3.27. The molecule has 0 fully saturated rings. The van der Waals surface area contributed by atoms with Crippen molar-refractivity contribution >= 4 is 27.7 Å². The maximum absolute atomic E-state index is 12.9. The zero-order valence-electron chi connectivity index (χ0n) is 19.3. The molecule has 0 unspecified atom stereocenters. The zero-order chi connectivity index (χ0) is 25.1. The standard InChI is InChI=1S/C26H28N2O5S/c1-18-8-12-20(13-9-18)23(29)22-7-5-17-28(22)16-4-6-19-10-14-21(15-11-19)34(32,33)26(2,3)24(27)25(30)31/h4-15,17,24H,16,27H2,1-3H3,(H,30,31)/b6-4+/t24-/m1/s1. The normalized spacial score (nSPS) is 13.2. The zero-order valence-corrected chi connectivity index (χ0v) is 20.1. The van der Waals surface area contributed by atoms with Gasteiger partial charge in [0.2, 0.25) is 5.78 Å². The van der Waals surface area contributed by atoms with Gasteiger partial charge >= 0.3 is 5.97 Å². The van der Waals surface area contributed by atoms with Gasteiger partial charge in [-0.15, -0.1) is 0 Å². The van der Waals surface area contributed by atoms with Gasteiger partial charge in [0.05, 0.1) is 15.3 Å². The van der Waals surface area contributed by atoms with Crippen LogP contribution in [0.2, 0.25) is 0 Å². The number of aromatic nitrogens is 1. The molecule has 8 heteroatoms. The van der Waals surface area contributed by atoms with Gasteiger partial charge in [-0.3, -0.25) is 9.59 Å². The molecule has 3 rings (SSSR count). The Morgan fingerprint density at radius 1 is 1.06 bits per heavy atom. The molecular formula is C26H28N2O5S. The molecular weight excluding hydrogens is 452 g/mol. The summed E-state index contributed by atoms with van der Waals surface area (Å²) in [5.41, 5.74) is 8.67. The van der Waals surface area contributed by atoms with Gasteiger partial charge < -0.3 is 15.4 Å². The molecule has 0 radical (unpaired) electrons. The number of sulfone groups is 1. The van der Waals surface area contributed by atoms with Crippen LogP contribution in [0.25, 0.3) is 6.08 Å². The second kappa shape index (κ2) is 9.79. The number of hydrogen-bond acceptors (Lipinski definition) is 5. The van der Waals surface area contributed by atoms with Crippen molar-refractivity contribution in [3.63, 3.8) is 0 Å². The van der Waals surface area contributed by atoms with E-state index in [4.69, 9.17) is 10.8 Å². The van der Waals surface area contributed by atoms with E-state index < -0.39 is 26.6 Å². The van der Waals surface area contributed by atoms with Crippen LogP contribution in [-0.2, 0) is 21.2 Å². The first kappa shape index (κ1) is 25.1. The number of benzene rings is 2. The fourth-order valence-electron chi connectivity index (χ4n) is 3.46. The van der Waals surface area contributed by atoms with E-state index >= 15 is 0 Å². The average molecular weight is 481 g/mol. The van der Waals surface area contributed by atoms with Crippen LogP contribution in [0.5, 0.6) is 0 Å². The van der Waals surface area contributed by atoms with Crippen LogP contribution in [0.15, 0.2) is 77.8 Å². The van der Waals surface area contributed by atoms with Crippen LogP contribution in [0.4, 0.5) is 0 Å². The molecule has 0 aliphatic heterocycles. The van der Waals surface area contributed by atoms with E-state index in [2.05, 4.69) is 0 Å². The second-order valence-corrected chi connectivity index (χ2v) is 11.2. The summed E-state index contributed by atoms with van der Waals surface area (Å²) >= 11 is 0. The van der Waals surface area contributed by atoms with Crippen molar-refractivity contribution in [1.82, 2.24) is 4.57 Å². The van der Waals surface area contributed by atoms with Crippen molar-refractivity contribution in [3.05, 3.63) is 95.3 Å². The summed E-state index contributed by atoms with van der Waals surface area (Å²) in [7, 11) is -3.97. The monoisotopic (exact) mass is 480 g/mol. The number of nitrogens with zero attached hydrogens (tertiary/aromatic N) is 1. The summed E-state index contributed by atoms with van der Waals surface area (Å²) in [4.78, 5) is 24.1. The minimum atomic E-state index is -3.97. The number of aliphatic carboxylic acids is 1. The second-order valence-electron chi connectivity index (χ2n) is 8.64. The lowest BCUT2D eigenvalue weighted by Gasteiger charge is -2.28. The first-order chi connectivity index (χ1) is 15.9. The van der Waals surface area contributed by atoms with E-state index in [1.54, 1.807) is 18.2 Å². The predicted octanol–water partition coefficient (Wildman–Crippen LogP) is 3.71. The largest absolute Gasteiger partial charge is 0.480 e. The molecule has 1 aromatic heterocycles. The van der Waals surface area contributed by atoms with Crippen LogP contribution in [-0.4, -0.2) is 40.6 Å². The summed E-state index contributed by atoms with van der Waals surface area (Å²) < 4.78 is 26.0. The van der Waals surface area contributed by atoms with Crippen molar-refractivity contribution in [3.8, 4) is 0 Å². The van der Waals surface area contributed by atoms with Crippen molar-refractivity contribution in [2.24, 2.45) is 5.73 Å². The van der Waals surface area contributed by atoms with Gasteiger partial charge in [0.25, 0.3) is 0 Å². The summed E-state index contributed by atoms with van der Waals surface area (Å²) in [6.07, 6.45) is 5.53. The van der Waals surface area contributed by atoms with E-state index in [1.807, 2.05) is 60.2 Å². The highest BCUT2D eigenvalue weighted by atomic mass is 32.2. The van der Waals surface area contributed by atoms with Crippen LogP contribution in [0.3, 0.4) is 0 Å². The Hall–Kier alpha value is -3.49. The molecule has 0 saturated carbocycles. The summed E-state index contributed by atoms with van der Waals surface area (Å²) in [5, 5.41) is 9.16. The fraction of sp³-hybridized carbons (Fsp3) is 0.231. The first-order valence-corrected chi connectivity index (χ1v) is 12.2. The quantitative estimate of drug-likeness (QED) is 0.451. The Bertz CT molecular complexity index is 1320. The van der Waals surface area contributed by atoms with Gasteiger partial charge in [-0.25, -0.2) is 8.42 Å². The van der Waals surface area contributed by atoms with Gasteiger partial charge in [-0.1, -0.05) is 54.1 Å². The number of carbonyl (C=O) groups excluding carboxylic acids is 1. The van der Waals surface area contributed by atoms with E-state index in [1.165, 1.54) is 26.0 Å². The minimum absolute atomic E-state index is 0.00254. The van der Waals surface area contributed by atoms with Crippen molar-refractivity contribution in [2.75, 3.05) is 0 Å². The molecule has 34 heavy (non-hydrogen) atoms. The van der Waals surface area contributed by atoms with Gasteiger partial charge in [0.15, 0.2) is 9.84 Å². The number of aryl methyl sites for hydroxylation is 1. The third kappa shape index (κ3) is 5.03. The van der Waals surface area contributed by atoms with Gasteiger partial charge in [0, 0.05) is 18.3 Å². The van der Waals surface area contributed by atoms with Crippen LogP contribution in [0.1, 0.15) is 41.0 Å². The Morgan fingerprint density at radius 3 is 2.26 bits per heavy atom. The van der Waals surface area contributed by atoms with Crippen LogP contribution >= 0.6 is 0 Å². The molecule has 1 heterocycles. The SMILES string of the molecule is Cc1ccc(C(=O)c2cccn2C/C=C/c2ccc(S(=O)(=O)C(C)(C)[C@H](N)C(=O)O)cc2)cc1. The summed E-state index contributed by atoms with van der Waals surface area (Å²) in [6.45, 7) is 5.04. The summed E-state index contributed by atoms with van der Waals surface area (Å²) in [5.74, 6) is -1.44. The smallest absolute Gasteiger partial charge is 0.322 e. The highest BCUT2D eigenvalue weighted by Crippen LogP contribution is 2.28. The molecule has 2 aromatic carbocycles. The molecule has 0 aliphatic carbocycles. The molecule has 0 spiro atoms. The molecule has 7 nitrogen and oxygen atoms in total. The van der Waals surface area contributed by atoms with E-state index in [0.717, 1.165) is 11.1 Å². The third-order valence-corrected chi connectivity index (χ3v) is 8.42. The molecule has 0 aliphatic rings. The molecule has 3 N–H and O–H groups in total. The number of hydrogen-bond donors (Lipinski definition) is 2. The lowest BCUT2D eigenvalue weighted by molar-refractivity contribution is -0.139. The molecule has 3 aromatic rings. The van der Waals surface area contributed by atoms with Crippen LogP contribution < -0.4 is 5.73 Å². The number of ketones is 1. The van der Waals surface area contributed by atoms with E-state index in [-0.39, 0.29) is 10.7 Å². The van der Waals surface area contributed by atoms with Gasteiger partial charge in [-0.2, -0.15) is 0 Å². The Labute approximate surface area is 199 Å². The number of nitrogens with two attached hydrogens (primary N) is 1. The number of carboxylic acid groups (broad SMARTS) is 1. The van der Waals surface area contributed by atoms with Crippen molar-refractivity contribution < 1.29 is 23.1 Å². The number of allylic oxidation sites excluding steroid dienone is 1. The molecule has 1 atom stereocenters. The maximum Gasteiger partial charge on any atom is 0.322 e. The highest BCUT2D eigenvalue weighted by molar-refractivity contribution is 7.92. The highest BCUT2D eigenvalue weighted by Gasteiger charge is 2.44. The minimum Gasteiger partial charge on any atom is -0.480 e. The summed E-state index contributed by atoms with van der Waals surface area (Å²) in [6, 6.07) is 15.6. The molecule has 0 amide bonds. The number of carboxylic acids is 1. The maximum atomic E-state index is 12.9. The number of carbonyl (C=O) groups is 2.